The normalized spacial score (nSPS) is 11.0. The van der Waals surface area contributed by atoms with Gasteiger partial charge in [-0.1, -0.05) is 17.7 Å². The molecular weight excluding hydrogens is 335 g/mol. The van der Waals surface area contributed by atoms with Crippen LogP contribution in [-0.2, 0) is 0 Å². The molecule has 2 aromatic rings. The fourth-order valence-corrected chi connectivity index (χ4v) is 4.18. The van der Waals surface area contributed by atoms with Crippen molar-refractivity contribution in [1.82, 2.24) is 0 Å². The lowest BCUT2D eigenvalue weighted by Crippen LogP contribution is -1.67. The molecule has 0 unspecified atom stereocenters. The molecule has 0 atom stereocenters. The minimum Gasteiger partial charge on any atom is -0.127 e. The Morgan fingerprint density at radius 2 is 2.23 bits per heavy atom. The van der Waals surface area contributed by atoms with Crippen molar-refractivity contribution in [3.8, 4) is 0 Å². The van der Waals surface area contributed by atoms with Crippen molar-refractivity contribution in [3.63, 3.8) is 0 Å². The van der Waals surface area contributed by atoms with E-state index in [1.54, 1.807) is 23.1 Å². The molecule has 0 amide bonds. The molecule has 0 bridgehead atoms. The Hall–Kier alpha value is 0.550. The molecule has 0 spiro atoms. The minimum atomic E-state index is 0.906. The van der Waals surface area contributed by atoms with E-state index in [1.165, 1.54) is 17.9 Å². The van der Waals surface area contributed by atoms with Crippen LogP contribution in [0.3, 0.4) is 0 Å². The predicted molar refractivity (Wildman–Crippen MR) is 71.3 cm³/mol. The summed E-state index contributed by atoms with van der Waals surface area (Å²) in [6.07, 6.45) is 2.06. The molecule has 13 heavy (non-hydrogen) atoms. The van der Waals surface area contributed by atoms with Gasteiger partial charge in [-0.05, 0) is 41.0 Å². The topological polar surface area (TPSA) is 0 Å². The monoisotopic (exact) mass is 340 g/mol. The van der Waals surface area contributed by atoms with E-state index in [9.17, 15) is 0 Å². The van der Waals surface area contributed by atoms with Crippen LogP contribution in [0.25, 0.3) is 10.1 Å². The first-order valence-electron chi connectivity index (χ1n) is 3.64. The average Bonchev–Trinajstić information content (AvgIpc) is 2.42. The molecule has 0 aliphatic heterocycles. The molecule has 0 radical (unpaired) electrons. The van der Waals surface area contributed by atoms with Gasteiger partial charge >= 0.3 is 0 Å². The van der Waals surface area contributed by atoms with Crippen LogP contribution in [-0.4, -0.2) is 6.26 Å². The van der Waals surface area contributed by atoms with Gasteiger partial charge in [0, 0.05) is 13.7 Å². The van der Waals surface area contributed by atoms with E-state index < -0.39 is 0 Å². The van der Waals surface area contributed by atoms with Crippen molar-refractivity contribution in [1.29, 1.82) is 0 Å². The smallest absolute Gasteiger partial charge is 0.0795 e. The highest BCUT2D eigenvalue weighted by atomic mass is 127. The maximum absolute atomic E-state index is 6.20. The van der Waals surface area contributed by atoms with Crippen molar-refractivity contribution >= 4 is 67.4 Å². The van der Waals surface area contributed by atoms with Crippen LogP contribution >= 0.6 is 57.3 Å². The van der Waals surface area contributed by atoms with Crippen LogP contribution < -0.4 is 0 Å². The summed E-state index contributed by atoms with van der Waals surface area (Å²) in [7, 11) is 0. The van der Waals surface area contributed by atoms with Gasteiger partial charge in [-0.25, -0.2) is 0 Å². The van der Waals surface area contributed by atoms with Crippen LogP contribution in [0.4, 0.5) is 0 Å². The van der Waals surface area contributed by atoms with Gasteiger partial charge in [0.2, 0.25) is 0 Å². The fourth-order valence-electron chi connectivity index (χ4n) is 1.15. The number of hydrogen-bond acceptors (Lipinski definition) is 2. The van der Waals surface area contributed by atoms with E-state index in [1.807, 2.05) is 0 Å². The Kier molecular flexibility index (Phi) is 3.07. The molecule has 1 aromatic carbocycles. The summed E-state index contributed by atoms with van der Waals surface area (Å²) in [6, 6.07) is 6.35. The van der Waals surface area contributed by atoms with E-state index >= 15 is 0 Å². The largest absolute Gasteiger partial charge is 0.127 e. The van der Waals surface area contributed by atoms with E-state index in [0.717, 1.165) is 5.02 Å². The van der Waals surface area contributed by atoms with Gasteiger partial charge in [-0.2, -0.15) is 0 Å². The number of halogens is 2. The maximum Gasteiger partial charge on any atom is 0.0795 e. The van der Waals surface area contributed by atoms with Crippen LogP contribution in [0.1, 0.15) is 0 Å². The summed E-state index contributed by atoms with van der Waals surface area (Å²) in [5.41, 5.74) is 0. The quantitative estimate of drug-likeness (QED) is 0.526. The zero-order chi connectivity index (χ0) is 9.42. The highest BCUT2D eigenvalue weighted by molar-refractivity contribution is 14.1. The number of fused-ring (bicyclic) bond motifs is 1. The highest BCUT2D eigenvalue weighted by Gasteiger charge is 2.08. The minimum absolute atomic E-state index is 0.906. The third-order valence-electron chi connectivity index (χ3n) is 1.75. The van der Waals surface area contributed by atoms with Gasteiger partial charge in [-0.15, -0.1) is 23.1 Å². The Balaban J connectivity index is 2.76. The SMILES string of the molecule is CSc1sc2cc(I)ccc2c1Cl. The number of benzene rings is 1. The van der Waals surface area contributed by atoms with Crippen molar-refractivity contribution in [2.75, 3.05) is 6.26 Å². The molecule has 0 N–H and O–H groups in total. The third-order valence-corrected chi connectivity index (χ3v) is 5.31. The summed E-state index contributed by atoms with van der Waals surface area (Å²) in [5.74, 6) is 0. The zero-order valence-corrected chi connectivity index (χ0v) is 11.4. The summed E-state index contributed by atoms with van der Waals surface area (Å²) in [5, 5.41) is 2.08. The van der Waals surface area contributed by atoms with E-state index in [0.29, 0.717) is 0 Å². The van der Waals surface area contributed by atoms with Crippen LogP contribution in [0.2, 0.25) is 5.02 Å². The van der Waals surface area contributed by atoms with Crippen LogP contribution in [0, 0.1) is 3.57 Å². The lowest BCUT2D eigenvalue weighted by atomic mass is 10.3. The van der Waals surface area contributed by atoms with Crippen molar-refractivity contribution in [2.45, 2.75) is 4.21 Å². The van der Waals surface area contributed by atoms with Gasteiger partial charge in [0.05, 0.1) is 9.23 Å². The predicted octanol–water partition coefficient (Wildman–Crippen LogP) is 4.88. The highest BCUT2D eigenvalue weighted by Crippen LogP contribution is 2.40. The van der Waals surface area contributed by atoms with Gasteiger partial charge in [0.15, 0.2) is 0 Å². The molecule has 68 valence electrons. The molecule has 0 nitrogen and oxygen atoms in total. The molecule has 0 saturated carbocycles. The van der Waals surface area contributed by atoms with Gasteiger partial charge in [0.25, 0.3) is 0 Å². The lowest BCUT2D eigenvalue weighted by molar-refractivity contribution is 1.73. The lowest BCUT2D eigenvalue weighted by Gasteiger charge is -1.90. The standard InChI is InChI=1S/C9H6ClIS2/c1-12-9-8(10)6-3-2-5(11)4-7(6)13-9/h2-4H,1H3. The number of hydrogen-bond donors (Lipinski definition) is 0. The summed E-state index contributed by atoms with van der Waals surface area (Å²) in [6.45, 7) is 0. The fraction of sp³-hybridized carbons (Fsp3) is 0.111. The van der Waals surface area contributed by atoms with E-state index in [-0.39, 0.29) is 0 Å². The first-order chi connectivity index (χ1) is 6.22. The first-order valence-corrected chi connectivity index (χ1v) is 7.13. The summed E-state index contributed by atoms with van der Waals surface area (Å²) in [4.78, 5) is 0. The van der Waals surface area contributed by atoms with Crippen molar-refractivity contribution in [2.24, 2.45) is 0 Å². The van der Waals surface area contributed by atoms with E-state index in [2.05, 4.69) is 47.0 Å². The Labute approximate surface area is 104 Å². The Morgan fingerprint density at radius 1 is 1.46 bits per heavy atom. The van der Waals surface area contributed by atoms with Gasteiger partial charge < -0.3 is 0 Å². The van der Waals surface area contributed by atoms with E-state index in [4.69, 9.17) is 11.6 Å². The second-order valence-corrected chi connectivity index (χ2v) is 6.30. The van der Waals surface area contributed by atoms with Crippen LogP contribution in [0.5, 0.6) is 0 Å². The molecule has 4 heteroatoms. The molecule has 1 heterocycles. The summed E-state index contributed by atoms with van der Waals surface area (Å²) < 4.78 is 3.75. The van der Waals surface area contributed by atoms with Gasteiger partial charge in [0.1, 0.15) is 0 Å². The Bertz CT molecular complexity index is 450. The molecular formula is C9H6ClIS2. The van der Waals surface area contributed by atoms with Gasteiger partial charge in [-0.3, -0.25) is 0 Å². The second kappa shape index (κ2) is 3.96. The number of thiophene rings is 1. The maximum atomic E-state index is 6.20. The molecule has 0 fully saturated rings. The molecule has 2 rings (SSSR count). The zero-order valence-electron chi connectivity index (χ0n) is 6.80. The summed E-state index contributed by atoms with van der Waals surface area (Å²) >= 11 is 12.0. The third kappa shape index (κ3) is 1.84. The van der Waals surface area contributed by atoms with Crippen molar-refractivity contribution < 1.29 is 0 Å². The average molecular weight is 341 g/mol. The number of thioether (sulfide) groups is 1. The number of rotatable bonds is 1. The molecule has 1 aromatic heterocycles. The molecule has 0 aliphatic carbocycles. The second-order valence-electron chi connectivity index (χ2n) is 2.55. The van der Waals surface area contributed by atoms with Crippen LogP contribution in [0.15, 0.2) is 22.4 Å². The molecule has 0 saturated heterocycles. The first kappa shape index (κ1) is 10.1. The molecule has 0 aliphatic rings. The Morgan fingerprint density at radius 3 is 2.92 bits per heavy atom. The van der Waals surface area contributed by atoms with Crippen molar-refractivity contribution in [3.05, 3.63) is 26.8 Å².